The molecule has 0 saturated heterocycles. The number of hydrogen-bond donors (Lipinski definition) is 1. The summed E-state index contributed by atoms with van der Waals surface area (Å²) >= 11 is 5.20. The maximum Gasteiger partial charge on any atom is 0.159 e. The maximum atomic E-state index is 4.48. The second-order valence-corrected chi connectivity index (χ2v) is 5.37. The Balaban J connectivity index is 2.36. The van der Waals surface area contributed by atoms with Gasteiger partial charge in [-0.25, -0.2) is 4.98 Å². The van der Waals surface area contributed by atoms with Crippen molar-refractivity contribution < 1.29 is 0 Å². The molecule has 1 aliphatic carbocycles. The third-order valence-corrected chi connectivity index (χ3v) is 3.86. The molecule has 0 amide bonds. The van der Waals surface area contributed by atoms with E-state index in [1.807, 2.05) is 7.05 Å². The summed E-state index contributed by atoms with van der Waals surface area (Å²) in [6.07, 6.45) is 3.71. The third kappa shape index (κ3) is 1.43. The number of hydrogen-bond acceptors (Lipinski definition) is 3. The zero-order valence-electron chi connectivity index (χ0n) is 6.93. The molecule has 0 fully saturated rings. The maximum absolute atomic E-state index is 4.48. The second kappa shape index (κ2) is 3.44. The van der Waals surface area contributed by atoms with Crippen LogP contribution in [0.25, 0.3) is 0 Å². The molecule has 0 bridgehead atoms. The highest BCUT2D eigenvalue weighted by atomic mass is 79.9. The largest absolute Gasteiger partial charge is 0.312 e. The molecule has 1 aromatic rings. The normalized spacial score (nSPS) is 22.3. The van der Waals surface area contributed by atoms with Gasteiger partial charge in [0.1, 0.15) is 0 Å². The van der Waals surface area contributed by atoms with Crippen molar-refractivity contribution in [2.75, 3.05) is 7.05 Å². The lowest BCUT2D eigenvalue weighted by Gasteiger charge is -2.19. The highest BCUT2D eigenvalue weighted by molar-refractivity contribution is 9.11. The van der Waals surface area contributed by atoms with Gasteiger partial charge in [-0.15, -0.1) is 11.3 Å². The predicted octanol–water partition coefficient (Wildman–Crippen LogP) is 2.50. The van der Waals surface area contributed by atoms with Gasteiger partial charge in [0.2, 0.25) is 0 Å². The lowest BCUT2D eigenvalue weighted by atomic mass is 9.98. The van der Waals surface area contributed by atoms with E-state index in [0.717, 1.165) is 3.92 Å². The van der Waals surface area contributed by atoms with E-state index in [2.05, 4.69) is 26.2 Å². The molecule has 1 heterocycles. The van der Waals surface area contributed by atoms with Crippen molar-refractivity contribution in [2.24, 2.45) is 0 Å². The zero-order valence-corrected chi connectivity index (χ0v) is 9.33. The minimum atomic E-state index is 0.483. The van der Waals surface area contributed by atoms with Gasteiger partial charge in [0.05, 0.1) is 11.7 Å². The monoisotopic (exact) mass is 246 g/mol. The van der Waals surface area contributed by atoms with Crippen molar-refractivity contribution in [1.82, 2.24) is 10.3 Å². The van der Waals surface area contributed by atoms with Gasteiger partial charge in [-0.3, -0.25) is 0 Å². The van der Waals surface area contributed by atoms with E-state index in [4.69, 9.17) is 0 Å². The molecule has 12 heavy (non-hydrogen) atoms. The van der Waals surface area contributed by atoms with Crippen LogP contribution in [0.4, 0.5) is 0 Å². The molecule has 0 spiro atoms. The number of aromatic nitrogens is 1. The number of halogens is 1. The molecule has 0 aliphatic heterocycles. The standard InChI is InChI=1S/C8H11BrN2S/c1-10-5-3-2-4-6-7(5)11-8(9)12-6/h5,10H,2-4H2,1H3. The van der Waals surface area contributed by atoms with Crippen LogP contribution in [0.3, 0.4) is 0 Å². The van der Waals surface area contributed by atoms with Crippen LogP contribution in [0.1, 0.15) is 29.5 Å². The molecule has 1 N–H and O–H groups in total. The summed E-state index contributed by atoms with van der Waals surface area (Å²) in [6.45, 7) is 0. The summed E-state index contributed by atoms with van der Waals surface area (Å²) in [5.74, 6) is 0. The van der Waals surface area contributed by atoms with E-state index in [-0.39, 0.29) is 0 Å². The highest BCUT2D eigenvalue weighted by Crippen LogP contribution is 2.34. The summed E-state index contributed by atoms with van der Waals surface area (Å²) in [6, 6.07) is 0.483. The Morgan fingerprint density at radius 2 is 2.50 bits per heavy atom. The van der Waals surface area contributed by atoms with Crippen molar-refractivity contribution in [2.45, 2.75) is 25.3 Å². The van der Waals surface area contributed by atoms with Gasteiger partial charge >= 0.3 is 0 Å². The molecule has 1 atom stereocenters. The summed E-state index contributed by atoms with van der Waals surface area (Å²) in [5, 5.41) is 3.30. The topological polar surface area (TPSA) is 24.9 Å². The third-order valence-electron chi connectivity index (χ3n) is 2.28. The van der Waals surface area contributed by atoms with Crippen LogP contribution in [-0.4, -0.2) is 12.0 Å². The van der Waals surface area contributed by atoms with Gasteiger partial charge in [0, 0.05) is 4.88 Å². The molecular weight excluding hydrogens is 236 g/mol. The lowest BCUT2D eigenvalue weighted by molar-refractivity contribution is 0.489. The van der Waals surface area contributed by atoms with Crippen molar-refractivity contribution in [3.8, 4) is 0 Å². The molecule has 2 rings (SSSR count). The Bertz CT molecular complexity index is 285. The Labute approximate surface area is 84.5 Å². The number of fused-ring (bicyclic) bond motifs is 1. The summed E-state index contributed by atoms with van der Waals surface area (Å²) in [7, 11) is 2.01. The molecule has 0 saturated carbocycles. The number of nitrogens with zero attached hydrogens (tertiary/aromatic N) is 1. The van der Waals surface area contributed by atoms with Crippen LogP contribution in [0.2, 0.25) is 0 Å². The van der Waals surface area contributed by atoms with E-state index in [0.29, 0.717) is 6.04 Å². The first-order valence-corrected chi connectivity index (χ1v) is 5.74. The first kappa shape index (κ1) is 8.66. The van der Waals surface area contributed by atoms with E-state index in [1.165, 1.54) is 29.8 Å². The number of rotatable bonds is 1. The first-order chi connectivity index (χ1) is 5.81. The van der Waals surface area contributed by atoms with Crippen LogP contribution in [-0.2, 0) is 6.42 Å². The van der Waals surface area contributed by atoms with E-state index in [9.17, 15) is 0 Å². The van der Waals surface area contributed by atoms with Gasteiger partial charge in [-0.2, -0.15) is 0 Å². The van der Waals surface area contributed by atoms with E-state index >= 15 is 0 Å². The van der Waals surface area contributed by atoms with Crippen molar-refractivity contribution in [1.29, 1.82) is 0 Å². The smallest absolute Gasteiger partial charge is 0.159 e. The highest BCUT2D eigenvalue weighted by Gasteiger charge is 2.22. The van der Waals surface area contributed by atoms with Crippen LogP contribution in [0, 0.1) is 0 Å². The molecule has 66 valence electrons. The first-order valence-electron chi connectivity index (χ1n) is 4.13. The van der Waals surface area contributed by atoms with E-state index < -0.39 is 0 Å². The molecule has 0 aromatic carbocycles. The number of aryl methyl sites for hydroxylation is 1. The fraction of sp³-hybridized carbons (Fsp3) is 0.625. The van der Waals surface area contributed by atoms with E-state index in [1.54, 1.807) is 11.3 Å². The Morgan fingerprint density at radius 3 is 3.25 bits per heavy atom. The molecule has 0 radical (unpaired) electrons. The average Bonchev–Trinajstić information content (AvgIpc) is 2.44. The quantitative estimate of drug-likeness (QED) is 0.824. The number of thiazole rings is 1. The minimum Gasteiger partial charge on any atom is -0.312 e. The van der Waals surface area contributed by atoms with Gasteiger partial charge in [-0.05, 0) is 42.2 Å². The zero-order chi connectivity index (χ0) is 8.55. The minimum absolute atomic E-state index is 0.483. The van der Waals surface area contributed by atoms with Crippen LogP contribution >= 0.6 is 27.3 Å². The van der Waals surface area contributed by atoms with Gasteiger partial charge in [0.15, 0.2) is 3.92 Å². The second-order valence-electron chi connectivity index (χ2n) is 3.01. The Hall–Kier alpha value is 0.0700. The molecule has 4 heteroatoms. The average molecular weight is 247 g/mol. The van der Waals surface area contributed by atoms with Crippen molar-refractivity contribution >= 4 is 27.3 Å². The predicted molar refractivity (Wildman–Crippen MR) is 54.6 cm³/mol. The van der Waals surface area contributed by atoms with Crippen LogP contribution < -0.4 is 5.32 Å². The van der Waals surface area contributed by atoms with Crippen molar-refractivity contribution in [3.05, 3.63) is 14.5 Å². The molecule has 1 aromatic heterocycles. The van der Waals surface area contributed by atoms with Crippen LogP contribution in [0.5, 0.6) is 0 Å². The molecule has 1 aliphatic rings. The lowest BCUT2D eigenvalue weighted by Crippen LogP contribution is -2.20. The summed E-state index contributed by atoms with van der Waals surface area (Å²) in [5.41, 5.74) is 1.26. The Kier molecular flexibility index (Phi) is 2.48. The summed E-state index contributed by atoms with van der Waals surface area (Å²) < 4.78 is 1.02. The molecule has 2 nitrogen and oxygen atoms in total. The van der Waals surface area contributed by atoms with Crippen LogP contribution in [0.15, 0.2) is 3.92 Å². The SMILES string of the molecule is CNC1CCCc2sc(Br)nc21. The summed E-state index contributed by atoms with van der Waals surface area (Å²) in [4.78, 5) is 5.93. The Morgan fingerprint density at radius 1 is 1.67 bits per heavy atom. The fourth-order valence-corrected chi connectivity index (χ4v) is 3.33. The fourth-order valence-electron chi connectivity index (χ4n) is 1.67. The molecular formula is C8H11BrN2S. The molecule has 1 unspecified atom stereocenters. The van der Waals surface area contributed by atoms with Gasteiger partial charge < -0.3 is 5.32 Å². The van der Waals surface area contributed by atoms with Gasteiger partial charge in [-0.1, -0.05) is 0 Å². The number of nitrogens with one attached hydrogen (secondary N) is 1. The van der Waals surface area contributed by atoms with Crippen molar-refractivity contribution in [3.63, 3.8) is 0 Å². The van der Waals surface area contributed by atoms with Gasteiger partial charge in [0.25, 0.3) is 0 Å².